The second-order valence-corrected chi connectivity index (χ2v) is 5.26. The quantitative estimate of drug-likeness (QED) is 0.863. The van der Waals surface area contributed by atoms with Crippen molar-refractivity contribution in [2.75, 3.05) is 0 Å². The maximum absolute atomic E-state index is 10.8. The molecule has 0 aromatic heterocycles. The zero-order chi connectivity index (χ0) is 13.8. The average molecular weight is 245 g/mol. The molecule has 0 aliphatic carbocycles. The standard InChI is InChI=1S/C15H19NO2/c1-11-4-6-13(7-5-11)12(2)8-15(3,10-16)9-14(17)18/h4-7,12H,8-9H2,1-3H3,(H,17,18). The Morgan fingerprint density at radius 3 is 2.44 bits per heavy atom. The average Bonchev–Trinajstić information content (AvgIpc) is 2.28. The molecule has 2 atom stereocenters. The molecule has 0 saturated heterocycles. The molecule has 1 aromatic carbocycles. The van der Waals surface area contributed by atoms with Gasteiger partial charge in [-0.25, -0.2) is 0 Å². The summed E-state index contributed by atoms with van der Waals surface area (Å²) in [6.07, 6.45) is 0.443. The first-order valence-electron chi connectivity index (χ1n) is 6.06. The Hall–Kier alpha value is -1.82. The van der Waals surface area contributed by atoms with Gasteiger partial charge in [0.05, 0.1) is 17.9 Å². The van der Waals surface area contributed by atoms with Crippen LogP contribution < -0.4 is 0 Å². The summed E-state index contributed by atoms with van der Waals surface area (Å²) in [6, 6.07) is 10.3. The van der Waals surface area contributed by atoms with Gasteiger partial charge in [0.25, 0.3) is 0 Å². The Bertz CT molecular complexity index is 458. The van der Waals surface area contributed by atoms with E-state index >= 15 is 0 Å². The van der Waals surface area contributed by atoms with Crippen LogP contribution in [-0.4, -0.2) is 11.1 Å². The van der Waals surface area contributed by atoms with E-state index in [1.54, 1.807) is 6.92 Å². The van der Waals surface area contributed by atoms with Crippen LogP contribution in [0.1, 0.15) is 43.7 Å². The first-order chi connectivity index (χ1) is 8.36. The van der Waals surface area contributed by atoms with Crippen molar-refractivity contribution in [3.05, 3.63) is 35.4 Å². The van der Waals surface area contributed by atoms with E-state index in [2.05, 4.69) is 6.07 Å². The molecule has 0 saturated carbocycles. The first-order valence-corrected chi connectivity index (χ1v) is 6.06. The number of carbonyl (C=O) groups is 1. The van der Waals surface area contributed by atoms with Crippen molar-refractivity contribution in [1.82, 2.24) is 0 Å². The predicted octanol–water partition coefficient (Wildman–Crippen LogP) is 3.49. The number of rotatable bonds is 5. The van der Waals surface area contributed by atoms with Crippen LogP contribution >= 0.6 is 0 Å². The highest BCUT2D eigenvalue weighted by molar-refractivity contribution is 5.68. The Labute approximate surface area is 108 Å². The molecule has 0 spiro atoms. The molecular formula is C15H19NO2. The monoisotopic (exact) mass is 245 g/mol. The Morgan fingerprint density at radius 1 is 1.44 bits per heavy atom. The van der Waals surface area contributed by atoms with Gasteiger partial charge in [0.2, 0.25) is 0 Å². The van der Waals surface area contributed by atoms with E-state index in [0.717, 1.165) is 5.56 Å². The summed E-state index contributed by atoms with van der Waals surface area (Å²) >= 11 is 0. The van der Waals surface area contributed by atoms with Crippen molar-refractivity contribution in [2.45, 2.75) is 39.5 Å². The lowest BCUT2D eigenvalue weighted by Gasteiger charge is -2.23. The lowest BCUT2D eigenvalue weighted by atomic mass is 9.78. The molecule has 0 heterocycles. The van der Waals surface area contributed by atoms with Crippen LogP contribution in [0.25, 0.3) is 0 Å². The number of carboxylic acids is 1. The van der Waals surface area contributed by atoms with Gasteiger partial charge in [-0.15, -0.1) is 0 Å². The fourth-order valence-electron chi connectivity index (χ4n) is 2.18. The van der Waals surface area contributed by atoms with Crippen molar-refractivity contribution in [3.8, 4) is 6.07 Å². The summed E-state index contributed by atoms with van der Waals surface area (Å²) < 4.78 is 0. The molecule has 0 amide bonds. The SMILES string of the molecule is Cc1ccc(C(C)CC(C)(C#N)CC(=O)O)cc1. The van der Waals surface area contributed by atoms with Crippen LogP contribution in [0.2, 0.25) is 0 Å². The van der Waals surface area contributed by atoms with E-state index in [1.165, 1.54) is 5.56 Å². The Morgan fingerprint density at radius 2 is 2.00 bits per heavy atom. The number of aliphatic carboxylic acids is 1. The molecule has 1 rings (SSSR count). The highest BCUT2D eigenvalue weighted by Crippen LogP contribution is 2.34. The fraction of sp³-hybridized carbons (Fsp3) is 0.467. The highest BCUT2D eigenvalue weighted by atomic mass is 16.4. The van der Waals surface area contributed by atoms with Crippen LogP contribution in [0.3, 0.4) is 0 Å². The number of nitriles is 1. The van der Waals surface area contributed by atoms with Gasteiger partial charge in [0.15, 0.2) is 0 Å². The lowest BCUT2D eigenvalue weighted by molar-refractivity contribution is -0.138. The number of hydrogen-bond acceptors (Lipinski definition) is 2. The number of aryl methyl sites for hydroxylation is 1. The third-order valence-electron chi connectivity index (χ3n) is 3.21. The zero-order valence-corrected chi connectivity index (χ0v) is 11.1. The number of benzene rings is 1. The van der Waals surface area contributed by atoms with Gasteiger partial charge in [0, 0.05) is 0 Å². The number of carboxylic acid groups (broad SMARTS) is 1. The molecule has 0 fully saturated rings. The summed E-state index contributed by atoms with van der Waals surface area (Å²) in [7, 11) is 0. The van der Waals surface area contributed by atoms with Gasteiger partial charge in [-0.1, -0.05) is 36.8 Å². The molecule has 1 N–H and O–H groups in total. The molecule has 0 bridgehead atoms. The maximum Gasteiger partial charge on any atom is 0.304 e. The predicted molar refractivity (Wildman–Crippen MR) is 70.2 cm³/mol. The smallest absolute Gasteiger partial charge is 0.304 e. The molecule has 3 heteroatoms. The molecule has 18 heavy (non-hydrogen) atoms. The van der Waals surface area contributed by atoms with Crippen LogP contribution in [0, 0.1) is 23.7 Å². The zero-order valence-electron chi connectivity index (χ0n) is 11.1. The first kappa shape index (κ1) is 14.2. The van der Waals surface area contributed by atoms with E-state index in [0.29, 0.717) is 6.42 Å². The van der Waals surface area contributed by atoms with Crippen molar-refractivity contribution in [3.63, 3.8) is 0 Å². The summed E-state index contributed by atoms with van der Waals surface area (Å²) in [5.41, 5.74) is 1.53. The van der Waals surface area contributed by atoms with Gasteiger partial charge in [-0.3, -0.25) is 4.79 Å². The minimum absolute atomic E-state index is 0.111. The number of hydrogen-bond donors (Lipinski definition) is 1. The van der Waals surface area contributed by atoms with Crippen molar-refractivity contribution >= 4 is 5.97 Å². The van der Waals surface area contributed by atoms with Crippen LogP contribution in [0.15, 0.2) is 24.3 Å². The Kier molecular flexibility index (Phi) is 4.49. The van der Waals surface area contributed by atoms with E-state index < -0.39 is 11.4 Å². The van der Waals surface area contributed by atoms with Crippen LogP contribution in [-0.2, 0) is 4.79 Å². The molecular weight excluding hydrogens is 226 g/mol. The van der Waals surface area contributed by atoms with Gasteiger partial charge in [-0.05, 0) is 31.7 Å². The van der Waals surface area contributed by atoms with Crippen molar-refractivity contribution < 1.29 is 9.90 Å². The van der Waals surface area contributed by atoms with E-state index in [9.17, 15) is 4.79 Å². The van der Waals surface area contributed by atoms with E-state index in [1.807, 2.05) is 38.1 Å². The molecule has 96 valence electrons. The second-order valence-electron chi connectivity index (χ2n) is 5.26. The summed E-state index contributed by atoms with van der Waals surface area (Å²) in [5, 5.41) is 18.0. The van der Waals surface area contributed by atoms with Crippen LogP contribution in [0.4, 0.5) is 0 Å². The molecule has 1 aromatic rings. The Balaban J connectivity index is 2.79. The van der Waals surface area contributed by atoms with Gasteiger partial charge in [0.1, 0.15) is 0 Å². The van der Waals surface area contributed by atoms with Gasteiger partial charge >= 0.3 is 5.97 Å². The topological polar surface area (TPSA) is 61.1 Å². The second kappa shape index (κ2) is 5.68. The molecule has 2 unspecified atom stereocenters. The summed E-state index contributed by atoms with van der Waals surface area (Å²) in [6.45, 7) is 5.77. The minimum Gasteiger partial charge on any atom is -0.481 e. The lowest BCUT2D eigenvalue weighted by Crippen LogP contribution is -2.21. The molecule has 0 aliphatic rings. The molecule has 3 nitrogen and oxygen atoms in total. The van der Waals surface area contributed by atoms with E-state index in [-0.39, 0.29) is 12.3 Å². The van der Waals surface area contributed by atoms with Crippen molar-refractivity contribution in [2.24, 2.45) is 5.41 Å². The van der Waals surface area contributed by atoms with Gasteiger partial charge < -0.3 is 5.11 Å². The summed E-state index contributed by atoms with van der Waals surface area (Å²) in [4.78, 5) is 10.8. The number of nitrogens with zero attached hydrogens (tertiary/aromatic N) is 1. The third kappa shape index (κ3) is 3.89. The maximum atomic E-state index is 10.8. The summed E-state index contributed by atoms with van der Waals surface area (Å²) in [5.74, 6) is -0.746. The molecule has 0 aliphatic heterocycles. The minimum atomic E-state index is -0.921. The largest absolute Gasteiger partial charge is 0.481 e. The van der Waals surface area contributed by atoms with Crippen molar-refractivity contribution in [1.29, 1.82) is 5.26 Å². The van der Waals surface area contributed by atoms with Gasteiger partial charge in [-0.2, -0.15) is 5.26 Å². The third-order valence-corrected chi connectivity index (χ3v) is 3.21. The molecule has 0 radical (unpaired) electrons. The van der Waals surface area contributed by atoms with Crippen LogP contribution in [0.5, 0.6) is 0 Å². The normalized spacial score (nSPS) is 15.4. The fourth-order valence-corrected chi connectivity index (χ4v) is 2.18. The highest BCUT2D eigenvalue weighted by Gasteiger charge is 2.29. The van der Waals surface area contributed by atoms with E-state index in [4.69, 9.17) is 10.4 Å².